The number of fused-ring (bicyclic) bond motifs is 1. The molecule has 1 aliphatic heterocycles. The quantitative estimate of drug-likeness (QED) is 0.281. The van der Waals surface area contributed by atoms with Crippen LogP contribution >= 0.6 is 0 Å². The highest BCUT2D eigenvalue weighted by Crippen LogP contribution is 2.37. The van der Waals surface area contributed by atoms with Crippen LogP contribution in [0.1, 0.15) is 21.5 Å². The normalized spacial score (nSPS) is 14.6. The van der Waals surface area contributed by atoms with Gasteiger partial charge in [-0.3, -0.25) is 19.7 Å². The fourth-order valence-corrected chi connectivity index (χ4v) is 3.38. The van der Waals surface area contributed by atoms with E-state index < -0.39 is 16.7 Å². The lowest BCUT2D eigenvalue weighted by Crippen LogP contribution is -2.42. The molecule has 7 nitrogen and oxygen atoms in total. The van der Waals surface area contributed by atoms with Crippen molar-refractivity contribution in [3.63, 3.8) is 0 Å². The van der Waals surface area contributed by atoms with Gasteiger partial charge in [-0.1, -0.05) is 30.3 Å². The minimum atomic E-state index is -0.499. The molecule has 2 amide bonds. The van der Waals surface area contributed by atoms with Crippen LogP contribution in [0.4, 0.5) is 11.4 Å². The SMILES string of the molecule is COc1ccccc1N1C(=O)/C(=C\c2ccc([N+](=O)[O-])cc2)c2ccccc2C1=O. The second kappa shape index (κ2) is 7.63. The standard InChI is InChI=1S/C23H16N2O5/c1-30-21-9-5-4-8-20(21)24-22(26)18-7-3-2-6-17(18)19(23(24)27)14-15-10-12-16(13-11-15)25(28)29/h2-14H,1H3/b19-14-. The number of hydrogen-bond acceptors (Lipinski definition) is 5. The Morgan fingerprint density at radius 1 is 0.867 bits per heavy atom. The molecular formula is C23H16N2O5. The number of anilines is 1. The van der Waals surface area contributed by atoms with Crippen LogP contribution in [-0.4, -0.2) is 23.8 Å². The van der Waals surface area contributed by atoms with Crippen molar-refractivity contribution in [2.75, 3.05) is 12.0 Å². The molecule has 0 spiro atoms. The zero-order valence-corrected chi connectivity index (χ0v) is 15.9. The maximum atomic E-state index is 13.4. The zero-order chi connectivity index (χ0) is 21.3. The van der Waals surface area contributed by atoms with Gasteiger partial charge in [0.2, 0.25) is 0 Å². The van der Waals surface area contributed by atoms with E-state index in [-0.39, 0.29) is 5.69 Å². The third-order valence-corrected chi connectivity index (χ3v) is 4.83. The van der Waals surface area contributed by atoms with E-state index in [9.17, 15) is 19.7 Å². The molecule has 0 aliphatic carbocycles. The van der Waals surface area contributed by atoms with Crippen LogP contribution in [0.3, 0.4) is 0 Å². The van der Waals surface area contributed by atoms with Crippen molar-refractivity contribution >= 4 is 34.8 Å². The number of nitrogens with zero attached hydrogens (tertiary/aromatic N) is 2. The van der Waals surface area contributed by atoms with E-state index in [4.69, 9.17) is 4.74 Å². The number of methoxy groups -OCH3 is 1. The minimum Gasteiger partial charge on any atom is -0.495 e. The molecule has 0 fully saturated rings. The lowest BCUT2D eigenvalue weighted by Gasteiger charge is -2.29. The molecule has 7 heteroatoms. The second-order valence-corrected chi connectivity index (χ2v) is 6.57. The molecule has 0 saturated carbocycles. The van der Waals surface area contributed by atoms with Crippen LogP contribution < -0.4 is 9.64 Å². The minimum absolute atomic E-state index is 0.0432. The molecular weight excluding hydrogens is 384 g/mol. The number of imide groups is 1. The van der Waals surface area contributed by atoms with Crippen LogP contribution in [0.25, 0.3) is 11.6 Å². The van der Waals surface area contributed by atoms with Crippen molar-refractivity contribution in [2.24, 2.45) is 0 Å². The maximum absolute atomic E-state index is 13.4. The molecule has 0 unspecified atom stereocenters. The summed E-state index contributed by atoms with van der Waals surface area (Å²) in [5.74, 6) is -0.546. The van der Waals surface area contributed by atoms with E-state index in [1.54, 1.807) is 66.7 Å². The number of nitro groups is 1. The third kappa shape index (κ3) is 3.22. The fraction of sp³-hybridized carbons (Fsp3) is 0.0435. The Hall–Kier alpha value is -4.26. The first-order chi connectivity index (χ1) is 14.5. The average molecular weight is 400 g/mol. The summed E-state index contributed by atoms with van der Waals surface area (Å²) in [7, 11) is 1.47. The van der Waals surface area contributed by atoms with Gasteiger partial charge in [-0.2, -0.15) is 0 Å². The summed E-state index contributed by atoms with van der Waals surface area (Å²) in [5.41, 5.74) is 2.11. The van der Waals surface area contributed by atoms with E-state index in [1.165, 1.54) is 19.2 Å². The molecule has 148 valence electrons. The summed E-state index contributed by atoms with van der Waals surface area (Å²) in [6.45, 7) is 0. The van der Waals surface area contributed by atoms with Crippen LogP contribution in [0, 0.1) is 10.1 Å². The smallest absolute Gasteiger partial charge is 0.269 e. The Labute approximate surface area is 172 Å². The molecule has 0 atom stereocenters. The Bertz CT molecular complexity index is 1200. The van der Waals surface area contributed by atoms with Gasteiger partial charge in [0.15, 0.2) is 0 Å². The lowest BCUT2D eigenvalue weighted by atomic mass is 9.91. The Kier molecular flexibility index (Phi) is 4.85. The monoisotopic (exact) mass is 400 g/mol. The number of ether oxygens (including phenoxy) is 1. The summed E-state index contributed by atoms with van der Waals surface area (Å²) in [6.07, 6.45) is 1.62. The largest absolute Gasteiger partial charge is 0.495 e. The van der Waals surface area contributed by atoms with Gasteiger partial charge in [-0.05, 0) is 47.5 Å². The number of amides is 2. The summed E-state index contributed by atoms with van der Waals surface area (Å²) >= 11 is 0. The zero-order valence-electron chi connectivity index (χ0n) is 15.9. The summed E-state index contributed by atoms with van der Waals surface area (Å²) in [5, 5.41) is 10.9. The average Bonchev–Trinajstić information content (AvgIpc) is 2.77. The number of non-ortho nitro benzene ring substituents is 1. The molecule has 0 bridgehead atoms. The maximum Gasteiger partial charge on any atom is 0.269 e. The van der Waals surface area contributed by atoms with E-state index in [1.807, 2.05) is 0 Å². The molecule has 0 saturated heterocycles. The molecule has 1 aliphatic rings. The van der Waals surface area contributed by atoms with Gasteiger partial charge in [0.05, 0.1) is 17.7 Å². The van der Waals surface area contributed by atoms with Crippen LogP contribution in [0.15, 0.2) is 72.8 Å². The van der Waals surface area contributed by atoms with Gasteiger partial charge >= 0.3 is 0 Å². The lowest BCUT2D eigenvalue weighted by molar-refractivity contribution is -0.384. The molecule has 30 heavy (non-hydrogen) atoms. The van der Waals surface area contributed by atoms with Crippen LogP contribution in [0.5, 0.6) is 5.75 Å². The van der Waals surface area contributed by atoms with Crippen molar-refractivity contribution < 1.29 is 19.2 Å². The predicted molar refractivity (Wildman–Crippen MR) is 112 cm³/mol. The molecule has 1 heterocycles. The molecule has 0 aromatic heterocycles. The van der Waals surface area contributed by atoms with Gasteiger partial charge in [0.25, 0.3) is 17.5 Å². The van der Waals surface area contributed by atoms with Crippen molar-refractivity contribution in [1.82, 2.24) is 0 Å². The van der Waals surface area contributed by atoms with Crippen molar-refractivity contribution in [3.8, 4) is 5.75 Å². The van der Waals surface area contributed by atoms with E-state index in [0.29, 0.717) is 33.7 Å². The number of rotatable bonds is 4. The van der Waals surface area contributed by atoms with E-state index in [2.05, 4.69) is 0 Å². The van der Waals surface area contributed by atoms with Crippen molar-refractivity contribution in [1.29, 1.82) is 0 Å². The molecule has 4 rings (SSSR count). The summed E-state index contributed by atoms with van der Waals surface area (Å²) in [4.78, 5) is 38.1. The predicted octanol–water partition coefficient (Wildman–Crippen LogP) is 4.33. The number of hydrogen-bond donors (Lipinski definition) is 0. The third-order valence-electron chi connectivity index (χ3n) is 4.83. The Morgan fingerprint density at radius 3 is 2.17 bits per heavy atom. The first-order valence-electron chi connectivity index (χ1n) is 9.08. The van der Waals surface area contributed by atoms with E-state index >= 15 is 0 Å². The number of para-hydroxylation sites is 2. The summed E-state index contributed by atoms with van der Waals surface area (Å²) in [6, 6.07) is 19.5. The first-order valence-corrected chi connectivity index (χ1v) is 9.08. The summed E-state index contributed by atoms with van der Waals surface area (Å²) < 4.78 is 5.34. The highest BCUT2D eigenvalue weighted by molar-refractivity contribution is 6.43. The van der Waals surface area contributed by atoms with Gasteiger partial charge in [-0.15, -0.1) is 0 Å². The fourth-order valence-electron chi connectivity index (χ4n) is 3.38. The number of carbonyl (C=O) groups is 2. The van der Waals surface area contributed by atoms with Gasteiger partial charge in [-0.25, -0.2) is 4.90 Å². The number of nitro benzene ring substituents is 1. The highest BCUT2D eigenvalue weighted by Gasteiger charge is 2.37. The topological polar surface area (TPSA) is 89.8 Å². The van der Waals surface area contributed by atoms with Gasteiger partial charge in [0, 0.05) is 23.3 Å². The van der Waals surface area contributed by atoms with Crippen LogP contribution in [0.2, 0.25) is 0 Å². The molecule has 0 N–H and O–H groups in total. The molecule has 3 aromatic rings. The van der Waals surface area contributed by atoms with E-state index in [0.717, 1.165) is 4.90 Å². The highest BCUT2D eigenvalue weighted by atomic mass is 16.6. The van der Waals surface area contributed by atoms with Gasteiger partial charge < -0.3 is 4.74 Å². The van der Waals surface area contributed by atoms with Gasteiger partial charge in [0.1, 0.15) is 5.75 Å². The Balaban J connectivity index is 1.87. The van der Waals surface area contributed by atoms with Crippen molar-refractivity contribution in [3.05, 3.63) is 99.6 Å². The Morgan fingerprint density at radius 2 is 1.50 bits per heavy atom. The number of carbonyl (C=O) groups excluding carboxylic acids is 2. The molecule has 3 aromatic carbocycles. The number of benzene rings is 3. The molecule has 0 radical (unpaired) electrons. The first kappa shape index (κ1) is 19.1. The van der Waals surface area contributed by atoms with Crippen molar-refractivity contribution in [2.45, 2.75) is 0 Å². The van der Waals surface area contributed by atoms with Crippen LogP contribution in [-0.2, 0) is 4.79 Å². The second-order valence-electron chi connectivity index (χ2n) is 6.57.